The van der Waals surface area contributed by atoms with Gasteiger partial charge in [0.15, 0.2) is 0 Å². The Labute approximate surface area is 115 Å². The minimum absolute atomic E-state index is 0.482. The Morgan fingerprint density at radius 2 is 2.00 bits per heavy atom. The molecule has 0 aromatic carbocycles. The summed E-state index contributed by atoms with van der Waals surface area (Å²) in [5.41, 5.74) is 0.982. The third-order valence-corrected chi connectivity index (χ3v) is 4.15. The van der Waals surface area contributed by atoms with E-state index in [1.54, 1.807) is 0 Å². The molecule has 0 saturated carbocycles. The molecule has 1 fully saturated rings. The number of hydrogen-bond donors (Lipinski definition) is 0. The van der Waals surface area contributed by atoms with Gasteiger partial charge >= 0.3 is 0 Å². The van der Waals surface area contributed by atoms with E-state index >= 15 is 0 Å². The van der Waals surface area contributed by atoms with Gasteiger partial charge in [-0.15, -0.1) is 11.6 Å². The zero-order valence-corrected chi connectivity index (χ0v) is 12.0. The number of halogens is 1. The van der Waals surface area contributed by atoms with E-state index in [2.05, 4.69) is 28.7 Å². The van der Waals surface area contributed by atoms with Crippen LogP contribution in [0.25, 0.3) is 0 Å². The van der Waals surface area contributed by atoms with Gasteiger partial charge in [0, 0.05) is 31.0 Å². The van der Waals surface area contributed by atoms with E-state index in [0.29, 0.717) is 5.88 Å². The van der Waals surface area contributed by atoms with Crippen LogP contribution in [0.4, 0.5) is 5.95 Å². The van der Waals surface area contributed by atoms with Crippen LogP contribution in [0.5, 0.6) is 0 Å². The molecule has 1 aromatic rings. The standard InChI is InChI=1S/C14H22ClN3/c1-11(2)13-4-3-6-18(7-5-13)14-16-9-12(8-15)10-17-14/h9-11,13H,3-8H2,1-2H3. The molecule has 0 N–H and O–H groups in total. The fourth-order valence-electron chi connectivity index (χ4n) is 2.57. The summed E-state index contributed by atoms with van der Waals surface area (Å²) in [6.07, 6.45) is 7.48. The van der Waals surface area contributed by atoms with Crippen LogP contribution in [-0.2, 0) is 5.88 Å². The smallest absolute Gasteiger partial charge is 0.225 e. The number of anilines is 1. The van der Waals surface area contributed by atoms with E-state index in [9.17, 15) is 0 Å². The lowest BCUT2D eigenvalue weighted by Crippen LogP contribution is -2.26. The van der Waals surface area contributed by atoms with Crippen LogP contribution in [-0.4, -0.2) is 23.1 Å². The van der Waals surface area contributed by atoms with Gasteiger partial charge in [-0.1, -0.05) is 13.8 Å². The predicted molar refractivity (Wildman–Crippen MR) is 76.0 cm³/mol. The second-order valence-electron chi connectivity index (χ2n) is 5.45. The molecule has 1 atom stereocenters. The van der Waals surface area contributed by atoms with Crippen molar-refractivity contribution in [1.29, 1.82) is 0 Å². The van der Waals surface area contributed by atoms with Crippen LogP contribution in [0.1, 0.15) is 38.7 Å². The van der Waals surface area contributed by atoms with Crippen LogP contribution in [0, 0.1) is 11.8 Å². The van der Waals surface area contributed by atoms with Crippen molar-refractivity contribution >= 4 is 17.5 Å². The summed E-state index contributed by atoms with van der Waals surface area (Å²) in [4.78, 5) is 11.1. The quantitative estimate of drug-likeness (QED) is 0.785. The van der Waals surface area contributed by atoms with Crippen molar-refractivity contribution < 1.29 is 0 Å². The van der Waals surface area contributed by atoms with Gasteiger partial charge < -0.3 is 4.90 Å². The van der Waals surface area contributed by atoms with E-state index < -0.39 is 0 Å². The van der Waals surface area contributed by atoms with Crippen LogP contribution in [0.15, 0.2) is 12.4 Å². The molecule has 1 saturated heterocycles. The Morgan fingerprint density at radius 3 is 2.61 bits per heavy atom. The summed E-state index contributed by atoms with van der Waals surface area (Å²) >= 11 is 5.75. The predicted octanol–water partition coefficient (Wildman–Crippen LogP) is 3.48. The van der Waals surface area contributed by atoms with Crippen molar-refractivity contribution in [3.63, 3.8) is 0 Å². The van der Waals surface area contributed by atoms with Crippen molar-refractivity contribution in [3.8, 4) is 0 Å². The molecule has 3 nitrogen and oxygen atoms in total. The first-order valence-electron chi connectivity index (χ1n) is 6.82. The molecular formula is C14H22ClN3. The topological polar surface area (TPSA) is 29.0 Å². The third-order valence-electron chi connectivity index (χ3n) is 3.84. The number of hydrogen-bond acceptors (Lipinski definition) is 3. The molecular weight excluding hydrogens is 246 g/mol. The summed E-state index contributed by atoms with van der Waals surface area (Å²) in [6.45, 7) is 6.80. The summed E-state index contributed by atoms with van der Waals surface area (Å²) in [5.74, 6) is 2.96. The van der Waals surface area contributed by atoms with Gasteiger partial charge in [0.2, 0.25) is 5.95 Å². The van der Waals surface area contributed by atoms with Crippen LogP contribution in [0.3, 0.4) is 0 Å². The van der Waals surface area contributed by atoms with Crippen molar-refractivity contribution in [2.24, 2.45) is 11.8 Å². The van der Waals surface area contributed by atoms with Gasteiger partial charge in [-0.3, -0.25) is 0 Å². The van der Waals surface area contributed by atoms with Crippen LogP contribution >= 0.6 is 11.6 Å². The SMILES string of the molecule is CC(C)C1CCCN(c2ncc(CCl)cn2)CC1. The van der Waals surface area contributed by atoms with Gasteiger partial charge in [-0.05, 0) is 31.1 Å². The Bertz CT molecular complexity index is 364. The van der Waals surface area contributed by atoms with E-state index in [1.807, 2.05) is 12.4 Å². The second kappa shape index (κ2) is 6.37. The minimum atomic E-state index is 0.482. The van der Waals surface area contributed by atoms with Crippen LogP contribution < -0.4 is 4.90 Å². The van der Waals surface area contributed by atoms with Gasteiger partial charge in [0.25, 0.3) is 0 Å². The molecule has 1 unspecified atom stereocenters. The molecule has 0 amide bonds. The maximum absolute atomic E-state index is 5.75. The molecule has 4 heteroatoms. The lowest BCUT2D eigenvalue weighted by Gasteiger charge is -2.21. The highest BCUT2D eigenvalue weighted by molar-refractivity contribution is 6.17. The van der Waals surface area contributed by atoms with Gasteiger partial charge in [0.05, 0.1) is 5.88 Å². The number of nitrogens with zero attached hydrogens (tertiary/aromatic N) is 3. The van der Waals surface area contributed by atoms with E-state index in [1.165, 1.54) is 19.3 Å². The van der Waals surface area contributed by atoms with E-state index in [4.69, 9.17) is 11.6 Å². The molecule has 100 valence electrons. The molecule has 1 aromatic heterocycles. The normalized spacial score (nSPS) is 21.1. The Morgan fingerprint density at radius 1 is 1.28 bits per heavy atom. The van der Waals surface area contributed by atoms with E-state index in [-0.39, 0.29) is 0 Å². The Kier molecular flexibility index (Phi) is 4.81. The van der Waals surface area contributed by atoms with Crippen molar-refractivity contribution in [1.82, 2.24) is 9.97 Å². The molecule has 1 aliphatic rings. The van der Waals surface area contributed by atoms with Gasteiger partial charge in [-0.25, -0.2) is 9.97 Å². The summed E-state index contributed by atoms with van der Waals surface area (Å²) in [5, 5.41) is 0. The van der Waals surface area contributed by atoms with Gasteiger partial charge in [-0.2, -0.15) is 0 Å². The highest BCUT2D eigenvalue weighted by atomic mass is 35.5. The fraction of sp³-hybridized carbons (Fsp3) is 0.714. The molecule has 18 heavy (non-hydrogen) atoms. The monoisotopic (exact) mass is 267 g/mol. The average molecular weight is 268 g/mol. The molecule has 1 aliphatic heterocycles. The molecule has 2 heterocycles. The first kappa shape index (κ1) is 13.6. The molecule has 2 rings (SSSR count). The summed E-state index contributed by atoms with van der Waals surface area (Å²) < 4.78 is 0. The molecule has 0 spiro atoms. The number of rotatable bonds is 3. The van der Waals surface area contributed by atoms with Crippen molar-refractivity contribution in [3.05, 3.63) is 18.0 Å². The fourth-order valence-corrected chi connectivity index (χ4v) is 2.71. The highest BCUT2D eigenvalue weighted by Gasteiger charge is 2.20. The maximum atomic E-state index is 5.75. The van der Waals surface area contributed by atoms with Crippen molar-refractivity contribution in [2.45, 2.75) is 39.0 Å². The molecule has 0 aliphatic carbocycles. The highest BCUT2D eigenvalue weighted by Crippen LogP contribution is 2.25. The largest absolute Gasteiger partial charge is 0.341 e. The number of aromatic nitrogens is 2. The Balaban J connectivity index is 2.00. The molecule has 0 radical (unpaired) electrons. The lowest BCUT2D eigenvalue weighted by molar-refractivity contribution is 0.351. The summed E-state index contributed by atoms with van der Waals surface area (Å²) in [6, 6.07) is 0. The van der Waals surface area contributed by atoms with Crippen LogP contribution in [0.2, 0.25) is 0 Å². The second-order valence-corrected chi connectivity index (χ2v) is 5.71. The zero-order valence-electron chi connectivity index (χ0n) is 11.3. The van der Waals surface area contributed by atoms with Crippen molar-refractivity contribution in [2.75, 3.05) is 18.0 Å². The Hall–Kier alpha value is -0.830. The molecule has 0 bridgehead atoms. The average Bonchev–Trinajstić information content (AvgIpc) is 2.64. The first-order chi connectivity index (χ1) is 8.70. The third kappa shape index (κ3) is 3.35. The maximum Gasteiger partial charge on any atom is 0.225 e. The first-order valence-corrected chi connectivity index (χ1v) is 7.36. The lowest BCUT2D eigenvalue weighted by atomic mass is 9.89. The number of alkyl halides is 1. The zero-order chi connectivity index (χ0) is 13.0. The minimum Gasteiger partial charge on any atom is -0.341 e. The van der Waals surface area contributed by atoms with Gasteiger partial charge in [0.1, 0.15) is 0 Å². The summed E-state index contributed by atoms with van der Waals surface area (Å²) in [7, 11) is 0. The van der Waals surface area contributed by atoms with E-state index in [0.717, 1.165) is 36.4 Å².